The molecule has 0 heterocycles. The number of halogens is 5. The van der Waals surface area contributed by atoms with Crippen LogP contribution in [0.2, 0.25) is 0 Å². The second-order valence-corrected chi connectivity index (χ2v) is 1.40. The maximum Gasteiger partial charge on any atom is 0.378 e. The van der Waals surface area contributed by atoms with E-state index >= 15 is 0 Å². The van der Waals surface area contributed by atoms with Crippen molar-refractivity contribution in [2.45, 2.75) is 12.3 Å². The van der Waals surface area contributed by atoms with Crippen LogP contribution in [0.1, 0.15) is 6.42 Å². The quantitative estimate of drug-likeness (QED) is 0.537. The van der Waals surface area contributed by atoms with E-state index in [4.69, 9.17) is 0 Å². The van der Waals surface area contributed by atoms with Crippen LogP contribution in [0.4, 0.5) is 22.0 Å². The van der Waals surface area contributed by atoms with E-state index in [1.807, 2.05) is 0 Å². The van der Waals surface area contributed by atoms with Gasteiger partial charge in [0.15, 0.2) is 0 Å². The molecule has 9 heavy (non-hydrogen) atoms. The van der Waals surface area contributed by atoms with Gasteiger partial charge in [0.1, 0.15) is 0 Å². The predicted octanol–water partition coefficient (Wildman–Crippen LogP) is 2.41. The first kappa shape index (κ1) is 8.65. The van der Waals surface area contributed by atoms with E-state index in [1.165, 1.54) is 0 Å². The first-order valence-electron chi connectivity index (χ1n) is 2.13. The summed E-state index contributed by atoms with van der Waals surface area (Å²) in [5.41, 5.74) is 0. The van der Waals surface area contributed by atoms with Crippen molar-refractivity contribution in [2.24, 2.45) is 0 Å². The number of rotatable bonds is 3. The minimum Gasteiger partial charge on any atom is -0.251 e. The van der Waals surface area contributed by atoms with Gasteiger partial charge in [-0.2, -0.15) is 17.6 Å². The van der Waals surface area contributed by atoms with Crippen molar-refractivity contribution in [3.63, 3.8) is 0 Å². The van der Waals surface area contributed by atoms with E-state index in [0.717, 1.165) is 0 Å². The van der Waals surface area contributed by atoms with Crippen molar-refractivity contribution in [1.29, 1.82) is 0 Å². The number of alkyl halides is 3. The van der Waals surface area contributed by atoms with Crippen LogP contribution in [0.15, 0.2) is 0 Å². The summed E-state index contributed by atoms with van der Waals surface area (Å²) < 4.78 is 56.1. The second kappa shape index (κ2) is 2.98. The van der Waals surface area contributed by atoms with Crippen molar-refractivity contribution >= 4 is 0 Å². The van der Waals surface area contributed by atoms with Gasteiger partial charge >= 0.3 is 12.3 Å². The Bertz CT molecular complexity index is 79.0. The molecule has 0 fully saturated rings. The summed E-state index contributed by atoms with van der Waals surface area (Å²) in [6.45, 7) is -1.44. The Hall–Kier alpha value is -0.350. The highest BCUT2D eigenvalue weighted by Crippen LogP contribution is 2.31. The zero-order chi connectivity index (χ0) is 7.49. The lowest BCUT2D eigenvalue weighted by molar-refractivity contribution is -0.0689. The van der Waals surface area contributed by atoms with Crippen molar-refractivity contribution in [2.75, 3.05) is 6.67 Å². The molecule has 0 saturated carbocycles. The number of hydrogen-bond acceptors (Lipinski definition) is 0. The van der Waals surface area contributed by atoms with Gasteiger partial charge < -0.3 is 0 Å². The van der Waals surface area contributed by atoms with Crippen molar-refractivity contribution in [3.05, 3.63) is 6.43 Å². The Morgan fingerprint density at radius 1 is 1.22 bits per heavy atom. The molecule has 0 atom stereocenters. The van der Waals surface area contributed by atoms with E-state index in [9.17, 15) is 22.0 Å². The molecule has 0 unspecified atom stereocenters. The summed E-state index contributed by atoms with van der Waals surface area (Å²) >= 11 is 0. The van der Waals surface area contributed by atoms with Crippen LogP contribution in [-0.4, -0.2) is 12.6 Å². The Balaban J connectivity index is 3.70. The van der Waals surface area contributed by atoms with E-state index in [-0.39, 0.29) is 0 Å². The van der Waals surface area contributed by atoms with Crippen LogP contribution in [-0.2, 0) is 0 Å². The maximum atomic E-state index is 11.5. The molecule has 0 amide bonds. The van der Waals surface area contributed by atoms with Crippen LogP contribution >= 0.6 is 0 Å². The highest BCUT2D eigenvalue weighted by Gasteiger charge is 2.42. The van der Waals surface area contributed by atoms with Gasteiger partial charge in [-0.3, -0.25) is 4.39 Å². The summed E-state index contributed by atoms with van der Waals surface area (Å²) in [7, 11) is 0. The first-order chi connectivity index (χ1) is 4.00. The molecular weight excluding hydrogens is 143 g/mol. The van der Waals surface area contributed by atoms with E-state index < -0.39 is 25.4 Å². The third-order valence-electron chi connectivity index (χ3n) is 0.685. The Morgan fingerprint density at radius 2 is 1.67 bits per heavy atom. The van der Waals surface area contributed by atoms with E-state index in [2.05, 4.69) is 0 Å². The molecule has 0 saturated heterocycles. The van der Waals surface area contributed by atoms with Crippen molar-refractivity contribution in [3.8, 4) is 0 Å². The topological polar surface area (TPSA) is 0 Å². The van der Waals surface area contributed by atoms with E-state index in [0.29, 0.717) is 0 Å². The summed E-state index contributed by atoms with van der Waals surface area (Å²) in [6.07, 6.45) is -4.46. The van der Waals surface area contributed by atoms with E-state index in [1.54, 1.807) is 0 Å². The highest BCUT2D eigenvalue weighted by molar-refractivity contribution is 4.82. The monoisotopic (exact) mass is 147 g/mol. The van der Waals surface area contributed by atoms with Crippen molar-refractivity contribution in [1.82, 2.24) is 0 Å². The molecule has 0 nitrogen and oxygen atoms in total. The molecule has 0 rings (SSSR count). The summed E-state index contributed by atoms with van der Waals surface area (Å²) in [5.74, 6) is -4.24. The van der Waals surface area contributed by atoms with Gasteiger partial charge in [-0.15, -0.1) is 0 Å². The van der Waals surface area contributed by atoms with Crippen LogP contribution in [0.5, 0.6) is 0 Å². The molecule has 1 radical (unpaired) electrons. The van der Waals surface area contributed by atoms with Crippen LogP contribution in [0.25, 0.3) is 0 Å². The Labute approximate surface area is 48.7 Å². The average Bonchev–Trinajstić information content (AvgIpc) is 1.65. The average molecular weight is 147 g/mol. The molecule has 55 valence electrons. The van der Waals surface area contributed by atoms with Gasteiger partial charge in [0, 0.05) is 6.42 Å². The molecule has 0 aliphatic heterocycles. The van der Waals surface area contributed by atoms with Gasteiger partial charge in [0.05, 0.1) is 6.67 Å². The maximum absolute atomic E-state index is 11.5. The smallest absolute Gasteiger partial charge is 0.251 e. The third kappa shape index (κ3) is 2.62. The summed E-state index contributed by atoms with van der Waals surface area (Å²) in [5, 5.41) is 0. The van der Waals surface area contributed by atoms with Crippen molar-refractivity contribution < 1.29 is 22.0 Å². The highest BCUT2D eigenvalue weighted by atomic mass is 19.3. The van der Waals surface area contributed by atoms with Gasteiger partial charge in [0.2, 0.25) is 0 Å². The lowest BCUT2D eigenvalue weighted by atomic mass is 10.3. The molecule has 0 aliphatic carbocycles. The first-order valence-corrected chi connectivity index (χ1v) is 2.13. The molecule has 0 bridgehead atoms. The largest absolute Gasteiger partial charge is 0.378 e. The minimum absolute atomic E-state index is 1.44. The summed E-state index contributed by atoms with van der Waals surface area (Å²) in [4.78, 5) is 0. The molecule has 0 N–H and O–H groups in total. The Kier molecular flexibility index (Phi) is 2.87. The van der Waals surface area contributed by atoms with Crippen LogP contribution in [0.3, 0.4) is 0 Å². The molecule has 0 aliphatic rings. The Morgan fingerprint density at radius 3 is 1.78 bits per heavy atom. The van der Waals surface area contributed by atoms with Gasteiger partial charge in [-0.25, -0.2) is 0 Å². The van der Waals surface area contributed by atoms with Gasteiger partial charge in [-0.05, 0) is 0 Å². The molecular formula is C4H4F5. The molecule has 0 aromatic carbocycles. The molecule has 5 heteroatoms. The predicted molar refractivity (Wildman–Crippen MR) is 21.0 cm³/mol. The standard InChI is InChI=1S/C4H4F5/c5-2-1-4(8,9)3(6)7/h1-2H2. The molecule has 0 aromatic rings. The zero-order valence-corrected chi connectivity index (χ0v) is 4.30. The normalized spacial score (nSPS) is 12.7. The lowest BCUT2D eigenvalue weighted by Gasteiger charge is -2.09. The second-order valence-electron chi connectivity index (χ2n) is 1.40. The third-order valence-corrected chi connectivity index (χ3v) is 0.685. The van der Waals surface area contributed by atoms with Gasteiger partial charge in [0.25, 0.3) is 0 Å². The van der Waals surface area contributed by atoms with Crippen LogP contribution in [0, 0.1) is 6.43 Å². The SMILES string of the molecule is FCCC(F)(F)[C](F)F. The summed E-state index contributed by atoms with van der Waals surface area (Å²) in [6, 6.07) is 0. The fourth-order valence-electron chi connectivity index (χ4n) is 0.213. The zero-order valence-electron chi connectivity index (χ0n) is 4.30. The molecule has 0 spiro atoms. The number of hydrogen-bond donors (Lipinski definition) is 0. The van der Waals surface area contributed by atoms with Gasteiger partial charge in [-0.1, -0.05) is 0 Å². The fourth-order valence-corrected chi connectivity index (χ4v) is 0.213. The molecule has 0 aromatic heterocycles. The van der Waals surface area contributed by atoms with Crippen LogP contribution < -0.4 is 0 Å². The fraction of sp³-hybridized carbons (Fsp3) is 0.750. The lowest BCUT2D eigenvalue weighted by Crippen LogP contribution is -2.20. The minimum atomic E-state index is -4.24.